The average molecular weight is 225 g/mol. The Kier molecular flexibility index (Phi) is 4.38. The zero-order valence-corrected chi connectivity index (χ0v) is 8.26. The zero-order chi connectivity index (χ0) is 11.3. The highest BCUT2D eigenvalue weighted by Crippen LogP contribution is 2.22. The van der Waals surface area contributed by atoms with Gasteiger partial charge in [-0.05, 0) is 25.7 Å². The van der Waals surface area contributed by atoms with Crippen LogP contribution in [0.1, 0.15) is 32.1 Å². The molecule has 1 aliphatic carbocycles. The third-order valence-corrected chi connectivity index (χ3v) is 2.39. The van der Waals surface area contributed by atoms with Gasteiger partial charge >= 0.3 is 6.18 Å². The van der Waals surface area contributed by atoms with E-state index in [0.717, 1.165) is 0 Å². The fourth-order valence-corrected chi connectivity index (χ4v) is 1.53. The standard InChI is InChI=1S/C9H14F3NO2/c10-9(11,12)5-6-15-8-3-1-7(13-14)2-4-8/h8,14H,1-6H2. The fourth-order valence-electron chi connectivity index (χ4n) is 1.53. The van der Waals surface area contributed by atoms with Gasteiger partial charge in [-0.25, -0.2) is 0 Å². The van der Waals surface area contributed by atoms with Crippen molar-refractivity contribution in [2.24, 2.45) is 5.16 Å². The maximum atomic E-state index is 11.8. The molecule has 3 nitrogen and oxygen atoms in total. The van der Waals surface area contributed by atoms with Crippen LogP contribution in [0.2, 0.25) is 0 Å². The van der Waals surface area contributed by atoms with Gasteiger partial charge in [-0.3, -0.25) is 0 Å². The second-order valence-electron chi connectivity index (χ2n) is 3.60. The fraction of sp³-hybridized carbons (Fsp3) is 0.889. The molecule has 1 N–H and O–H groups in total. The Bertz CT molecular complexity index is 218. The van der Waals surface area contributed by atoms with Crippen LogP contribution < -0.4 is 0 Å². The number of nitrogens with zero attached hydrogens (tertiary/aromatic N) is 1. The lowest BCUT2D eigenvalue weighted by atomic mass is 9.96. The summed E-state index contributed by atoms with van der Waals surface area (Å²) in [7, 11) is 0. The first-order valence-corrected chi connectivity index (χ1v) is 4.89. The van der Waals surface area contributed by atoms with Gasteiger partial charge in [-0.1, -0.05) is 5.16 Å². The van der Waals surface area contributed by atoms with E-state index in [1.165, 1.54) is 0 Å². The van der Waals surface area contributed by atoms with Crippen LogP contribution in [-0.4, -0.2) is 29.8 Å². The van der Waals surface area contributed by atoms with Crippen LogP contribution >= 0.6 is 0 Å². The van der Waals surface area contributed by atoms with Crippen molar-refractivity contribution in [1.29, 1.82) is 0 Å². The van der Waals surface area contributed by atoms with Crippen molar-refractivity contribution in [2.75, 3.05) is 6.61 Å². The summed E-state index contributed by atoms with van der Waals surface area (Å²) in [6.45, 7) is -0.278. The molecule has 1 aliphatic rings. The van der Waals surface area contributed by atoms with E-state index < -0.39 is 12.6 Å². The summed E-state index contributed by atoms with van der Waals surface area (Å²) in [5.41, 5.74) is 0.700. The van der Waals surface area contributed by atoms with Gasteiger partial charge in [0.05, 0.1) is 24.8 Å². The summed E-state index contributed by atoms with van der Waals surface area (Å²) in [4.78, 5) is 0. The first kappa shape index (κ1) is 12.3. The van der Waals surface area contributed by atoms with E-state index in [0.29, 0.717) is 31.4 Å². The van der Waals surface area contributed by atoms with Gasteiger partial charge in [0.25, 0.3) is 0 Å². The molecule has 0 atom stereocenters. The number of rotatable bonds is 3. The van der Waals surface area contributed by atoms with Crippen molar-refractivity contribution >= 4 is 5.71 Å². The molecule has 6 heteroatoms. The van der Waals surface area contributed by atoms with E-state index >= 15 is 0 Å². The maximum absolute atomic E-state index is 11.8. The first-order valence-electron chi connectivity index (χ1n) is 4.89. The predicted octanol–water partition coefficient (Wildman–Crippen LogP) is 2.73. The summed E-state index contributed by atoms with van der Waals surface area (Å²) in [6.07, 6.45) is -2.69. The van der Waals surface area contributed by atoms with Crippen molar-refractivity contribution in [1.82, 2.24) is 0 Å². The van der Waals surface area contributed by atoms with E-state index in [4.69, 9.17) is 9.94 Å². The molecular weight excluding hydrogens is 211 g/mol. The molecule has 1 rings (SSSR count). The smallest absolute Gasteiger partial charge is 0.391 e. The minimum atomic E-state index is -4.15. The summed E-state index contributed by atoms with van der Waals surface area (Å²) in [6, 6.07) is 0. The number of hydrogen-bond donors (Lipinski definition) is 1. The molecule has 0 spiro atoms. The van der Waals surface area contributed by atoms with Crippen molar-refractivity contribution in [2.45, 2.75) is 44.4 Å². The predicted molar refractivity (Wildman–Crippen MR) is 48.1 cm³/mol. The van der Waals surface area contributed by atoms with Crippen LogP contribution in [0.25, 0.3) is 0 Å². The highest BCUT2D eigenvalue weighted by molar-refractivity contribution is 5.84. The van der Waals surface area contributed by atoms with Gasteiger partial charge in [-0.2, -0.15) is 13.2 Å². The molecule has 0 heterocycles. The highest BCUT2D eigenvalue weighted by atomic mass is 19.4. The minimum Gasteiger partial charge on any atom is -0.411 e. The molecule has 0 saturated heterocycles. The molecule has 0 aliphatic heterocycles. The Morgan fingerprint density at radius 3 is 2.40 bits per heavy atom. The second-order valence-corrected chi connectivity index (χ2v) is 3.60. The van der Waals surface area contributed by atoms with Gasteiger partial charge in [0, 0.05) is 0 Å². The number of hydrogen-bond acceptors (Lipinski definition) is 3. The van der Waals surface area contributed by atoms with E-state index in [2.05, 4.69) is 5.16 Å². The van der Waals surface area contributed by atoms with Gasteiger partial charge in [0.1, 0.15) is 0 Å². The number of alkyl halides is 3. The Labute approximate surface area is 85.9 Å². The summed E-state index contributed by atoms with van der Waals surface area (Å²) < 4.78 is 40.5. The molecule has 15 heavy (non-hydrogen) atoms. The van der Waals surface area contributed by atoms with Crippen LogP contribution in [0.5, 0.6) is 0 Å². The number of halogens is 3. The highest BCUT2D eigenvalue weighted by Gasteiger charge is 2.27. The lowest BCUT2D eigenvalue weighted by molar-refractivity contribution is -0.149. The van der Waals surface area contributed by atoms with Crippen molar-refractivity contribution < 1.29 is 23.1 Å². The largest absolute Gasteiger partial charge is 0.411 e. The molecule has 88 valence electrons. The Hall–Kier alpha value is -0.780. The Morgan fingerprint density at radius 1 is 1.33 bits per heavy atom. The van der Waals surface area contributed by atoms with Crippen LogP contribution in [-0.2, 0) is 4.74 Å². The molecule has 1 saturated carbocycles. The van der Waals surface area contributed by atoms with Gasteiger partial charge in [0.2, 0.25) is 0 Å². The molecule has 0 radical (unpaired) electrons. The first-order chi connectivity index (χ1) is 7.01. The van der Waals surface area contributed by atoms with Crippen LogP contribution in [0, 0.1) is 0 Å². The van der Waals surface area contributed by atoms with Gasteiger partial charge in [-0.15, -0.1) is 0 Å². The molecule has 0 amide bonds. The summed E-state index contributed by atoms with van der Waals surface area (Å²) in [5.74, 6) is 0. The van der Waals surface area contributed by atoms with E-state index in [9.17, 15) is 13.2 Å². The minimum absolute atomic E-state index is 0.127. The third kappa shape index (κ3) is 5.01. The summed E-state index contributed by atoms with van der Waals surface area (Å²) >= 11 is 0. The Morgan fingerprint density at radius 2 is 1.93 bits per heavy atom. The molecular formula is C9H14F3NO2. The van der Waals surface area contributed by atoms with Crippen molar-refractivity contribution in [3.8, 4) is 0 Å². The Balaban J connectivity index is 2.14. The zero-order valence-electron chi connectivity index (χ0n) is 8.26. The molecule has 0 unspecified atom stereocenters. The number of ether oxygens (including phenoxy) is 1. The van der Waals surface area contributed by atoms with Crippen LogP contribution in [0.15, 0.2) is 5.16 Å². The van der Waals surface area contributed by atoms with Crippen molar-refractivity contribution in [3.63, 3.8) is 0 Å². The summed E-state index contributed by atoms with van der Waals surface area (Å²) in [5, 5.41) is 11.5. The van der Waals surface area contributed by atoms with Gasteiger partial charge < -0.3 is 9.94 Å². The molecule has 1 fully saturated rings. The molecule has 0 aromatic heterocycles. The lowest BCUT2D eigenvalue weighted by Gasteiger charge is -2.22. The maximum Gasteiger partial charge on any atom is 0.391 e. The van der Waals surface area contributed by atoms with Gasteiger partial charge in [0.15, 0.2) is 0 Å². The molecule has 0 aromatic rings. The van der Waals surface area contributed by atoms with Crippen LogP contribution in [0.3, 0.4) is 0 Å². The lowest BCUT2D eigenvalue weighted by Crippen LogP contribution is -2.23. The van der Waals surface area contributed by atoms with Crippen molar-refractivity contribution in [3.05, 3.63) is 0 Å². The topological polar surface area (TPSA) is 41.8 Å². The average Bonchev–Trinajstić information content (AvgIpc) is 2.17. The van der Waals surface area contributed by atoms with E-state index in [1.807, 2.05) is 0 Å². The second kappa shape index (κ2) is 5.34. The SMILES string of the molecule is ON=C1CCC(OCCC(F)(F)F)CC1. The monoisotopic (exact) mass is 225 g/mol. The third-order valence-electron chi connectivity index (χ3n) is 2.39. The van der Waals surface area contributed by atoms with E-state index in [-0.39, 0.29) is 12.7 Å². The quantitative estimate of drug-likeness (QED) is 0.592. The molecule has 0 bridgehead atoms. The molecule has 0 aromatic carbocycles. The van der Waals surface area contributed by atoms with E-state index in [1.54, 1.807) is 0 Å². The number of oxime groups is 1. The van der Waals surface area contributed by atoms with Crippen LogP contribution in [0.4, 0.5) is 13.2 Å². The normalized spacial score (nSPS) is 22.9.